The molecule has 0 fully saturated rings. The second-order valence-corrected chi connectivity index (χ2v) is 11.4. The predicted octanol–water partition coefficient (Wildman–Crippen LogP) is 3.65. The molecule has 0 radical (unpaired) electrons. The number of allylic oxidation sites excluding steroid dienone is 1. The maximum absolute atomic E-state index is 13.7. The summed E-state index contributed by atoms with van der Waals surface area (Å²) in [4.78, 5) is 97.0. The molecule has 0 aromatic heterocycles. The van der Waals surface area contributed by atoms with Crippen LogP contribution < -0.4 is 0 Å². The van der Waals surface area contributed by atoms with Crippen LogP contribution in [0.2, 0.25) is 0 Å². The third-order valence-electron chi connectivity index (χ3n) is 6.42. The molecule has 0 N–H and O–H groups in total. The van der Waals surface area contributed by atoms with Crippen LogP contribution >= 0.6 is 0 Å². The molecule has 0 aromatic rings. The van der Waals surface area contributed by atoms with E-state index in [9.17, 15) is 33.6 Å². The number of carbonyl (C=O) groups excluding carboxylic acids is 7. The third kappa shape index (κ3) is 9.28. The Bertz CT molecular complexity index is 890. The highest BCUT2D eigenvalue weighted by atomic mass is 17.2. The Morgan fingerprint density at radius 3 is 1.41 bits per heavy atom. The van der Waals surface area contributed by atoms with E-state index in [0.29, 0.717) is 31.4 Å². The van der Waals surface area contributed by atoms with E-state index in [-0.39, 0.29) is 5.57 Å². The van der Waals surface area contributed by atoms with Crippen molar-refractivity contribution in [2.24, 2.45) is 35.0 Å². The van der Waals surface area contributed by atoms with E-state index in [2.05, 4.69) is 0 Å². The van der Waals surface area contributed by atoms with Gasteiger partial charge in [-0.2, -0.15) is 0 Å². The minimum Gasteiger partial charge on any atom is -0.431 e. The zero-order chi connectivity index (χ0) is 30.8. The molecule has 220 valence electrons. The summed E-state index contributed by atoms with van der Waals surface area (Å²) in [5.41, 5.74) is -4.21. The second kappa shape index (κ2) is 14.9. The Hall–Kier alpha value is -3.05. The number of esters is 1. The maximum atomic E-state index is 13.7. The van der Waals surface area contributed by atoms with Gasteiger partial charge in [-0.05, 0) is 40.2 Å². The van der Waals surface area contributed by atoms with Crippen molar-refractivity contribution < 1.29 is 52.8 Å². The predicted molar refractivity (Wildman–Crippen MR) is 139 cm³/mol. The standard InChI is InChI=1S/C28H42O11/c1-17(11-29)22(18(2)12-30)23(28(19(3)13-31,20(4)14-32)21(5)15-33)24(34)37-25(35)36-16-27(9,10)39-38-26(6,7)8/h11-15,17-21H,16H2,1-10H3. The normalized spacial score (nSPS) is 17.2. The van der Waals surface area contributed by atoms with Crippen LogP contribution in [0.15, 0.2) is 11.1 Å². The van der Waals surface area contributed by atoms with Crippen LogP contribution in [0.3, 0.4) is 0 Å². The van der Waals surface area contributed by atoms with Crippen LogP contribution in [-0.4, -0.2) is 61.4 Å². The topological polar surface area (TPSA) is 156 Å². The van der Waals surface area contributed by atoms with Gasteiger partial charge in [0.1, 0.15) is 43.6 Å². The number of hydrogen-bond acceptors (Lipinski definition) is 11. The number of ether oxygens (including phenoxy) is 2. The fourth-order valence-corrected chi connectivity index (χ4v) is 4.48. The van der Waals surface area contributed by atoms with E-state index in [1.165, 1.54) is 34.6 Å². The molecule has 5 unspecified atom stereocenters. The van der Waals surface area contributed by atoms with Gasteiger partial charge in [0.2, 0.25) is 0 Å². The fraction of sp³-hybridized carbons (Fsp3) is 0.679. The molecule has 0 saturated heterocycles. The van der Waals surface area contributed by atoms with E-state index < -0.39 is 70.5 Å². The molecule has 0 aromatic carbocycles. The number of carbonyl (C=O) groups is 7. The van der Waals surface area contributed by atoms with Gasteiger partial charge in [0.25, 0.3) is 0 Å². The van der Waals surface area contributed by atoms with E-state index in [1.807, 2.05) is 0 Å². The summed E-state index contributed by atoms with van der Waals surface area (Å²) >= 11 is 0. The van der Waals surface area contributed by atoms with Crippen LogP contribution in [0.4, 0.5) is 4.79 Å². The highest BCUT2D eigenvalue weighted by Crippen LogP contribution is 2.50. The van der Waals surface area contributed by atoms with Crippen LogP contribution in [0, 0.1) is 35.0 Å². The van der Waals surface area contributed by atoms with Crippen molar-refractivity contribution in [3.8, 4) is 0 Å². The molecule has 0 aliphatic heterocycles. The van der Waals surface area contributed by atoms with Gasteiger partial charge in [-0.1, -0.05) is 34.6 Å². The minimum atomic E-state index is -1.87. The molecule has 0 aliphatic carbocycles. The molecule has 0 aliphatic rings. The lowest BCUT2D eigenvalue weighted by molar-refractivity contribution is -0.400. The lowest BCUT2D eigenvalue weighted by atomic mass is 9.55. The van der Waals surface area contributed by atoms with Crippen molar-refractivity contribution in [1.29, 1.82) is 0 Å². The quantitative estimate of drug-likeness (QED) is 0.0685. The average Bonchev–Trinajstić information content (AvgIpc) is 2.88. The van der Waals surface area contributed by atoms with E-state index >= 15 is 0 Å². The Labute approximate surface area is 229 Å². The van der Waals surface area contributed by atoms with Gasteiger partial charge in [-0.3, -0.25) is 0 Å². The van der Waals surface area contributed by atoms with Gasteiger partial charge in [-0.25, -0.2) is 19.4 Å². The van der Waals surface area contributed by atoms with Crippen molar-refractivity contribution in [3.63, 3.8) is 0 Å². The first-order valence-corrected chi connectivity index (χ1v) is 12.7. The summed E-state index contributed by atoms with van der Waals surface area (Å²) in [6.07, 6.45) is 0.833. The summed E-state index contributed by atoms with van der Waals surface area (Å²) in [6, 6.07) is 0. The maximum Gasteiger partial charge on any atom is 0.516 e. The van der Waals surface area contributed by atoms with Crippen molar-refractivity contribution in [2.45, 2.75) is 80.4 Å². The molecule has 0 amide bonds. The Morgan fingerprint density at radius 2 is 1.08 bits per heavy atom. The zero-order valence-electron chi connectivity index (χ0n) is 24.5. The Kier molecular flexibility index (Phi) is 13.8. The second-order valence-electron chi connectivity index (χ2n) is 11.4. The molecule has 11 nitrogen and oxygen atoms in total. The van der Waals surface area contributed by atoms with Crippen molar-refractivity contribution in [1.82, 2.24) is 0 Å². The Morgan fingerprint density at radius 1 is 0.667 bits per heavy atom. The van der Waals surface area contributed by atoms with E-state index in [4.69, 9.17) is 19.2 Å². The molecular weight excluding hydrogens is 512 g/mol. The highest BCUT2D eigenvalue weighted by Gasteiger charge is 2.54. The highest BCUT2D eigenvalue weighted by molar-refractivity contribution is 5.99. The molecule has 0 saturated carbocycles. The number of rotatable bonds is 16. The minimum absolute atomic E-state index is 0.0869. The molecule has 0 heterocycles. The third-order valence-corrected chi connectivity index (χ3v) is 6.42. The lowest BCUT2D eigenvalue weighted by Crippen LogP contribution is -2.49. The van der Waals surface area contributed by atoms with Gasteiger partial charge in [0, 0.05) is 40.6 Å². The van der Waals surface area contributed by atoms with E-state index in [0.717, 1.165) is 0 Å². The summed E-state index contributed by atoms with van der Waals surface area (Å²) in [7, 11) is 0. The van der Waals surface area contributed by atoms with E-state index in [1.54, 1.807) is 34.6 Å². The number of hydrogen-bond donors (Lipinski definition) is 0. The number of aldehydes is 5. The first-order chi connectivity index (χ1) is 17.9. The molecule has 0 spiro atoms. The zero-order valence-corrected chi connectivity index (χ0v) is 24.5. The molecule has 39 heavy (non-hydrogen) atoms. The lowest BCUT2D eigenvalue weighted by Gasteiger charge is -2.45. The van der Waals surface area contributed by atoms with Gasteiger partial charge in [0.05, 0.1) is 5.60 Å². The van der Waals surface area contributed by atoms with Crippen LogP contribution in [-0.2, 0) is 48.0 Å². The molecule has 0 rings (SSSR count). The SMILES string of the molecule is CC(C=O)C(=C(C(=O)OC(=O)OCC(C)(C)OOC(C)(C)C)C(C(C)C=O)(C(C)C=O)C(C)C=O)C(C)C=O. The summed E-state index contributed by atoms with van der Waals surface area (Å²) in [5, 5.41) is 0. The van der Waals surface area contributed by atoms with Gasteiger partial charge in [-0.15, -0.1) is 0 Å². The van der Waals surface area contributed by atoms with Crippen molar-refractivity contribution in [3.05, 3.63) is 11.1 Å². The van der Waals surface area contributed by atoms with Gasteiger partial charge >= 0.3 is 12.1 Å². The molecule has 11 heteroatoms. The Balaban J connectivity index is 6.93. The fourth-order valence-electron chi connectivity index (χ4n) is 4.48. The van der Waals surface area contributed by atoms with Gasteiger partial charge < -0.3 is 33.4 Å². The summed E-state index contributed by atoms with van der Waals surface area (Å²) < 4.78 is 10.0. The van der Waals surface area contributed by atoms with Gasteiger partial charge in [0.15, 0.2) is 0 Å². The largest absolute Gasteiger partial charge is 0.516 e. The van der Waals surface area contributed by atoms with Crippen LogP contribution in [0.1, 0.15) is 69.2 Å². The summed E-state index contributed by atoms with van der Waals surface area (Å²) in [5.74, 6) is -7.01. The average molecular weight is 555 g/mol. The van der Waals surface area contributed by atoms with Crippen molar-refractivity contribution in [2.75, 3.05) is 6.61 Å². The first kappa shape index (κ1) is 35.9. The van der Waals surface area contributed by atoms with Crippen LogP contribution in [0.25, 0.3) is 0 Å². The van der Waals surface area contributed by atoms with Crippen molar-refractivity contribution >= 4 is 43.6 Å². The molecular formula is C28H42O11. The smallest absolute Gasteiger partial charge is 0.431 e. The molecule has 0 bridgehead atoms. The molecule has 5 atom stereocenters. The first-order valence-electron chi connectivity index (χ1n) is 12.7. The van der Waals surface area contributed by atoms with Crippen LogP contribution in [0.5, 0.6) is 0 Å². The summed E-state index contributed by atoms with van der Waals surface area (Å²) in [6.45, 7) is 14.9. The monoisotopic (exact) mass is 554 g/mol.